The smallest absolute Gasteiger partial charge is 0.137 e. The van der Waals surface area contributed by atoms with Crippen LogP contribution in [0.2, 0.25) is 0 Å². The Balaban J connectivity index is 1.85. The van der Waals surface area contributed by atoms with E-state index in [2.05, 4.69) is 53.8 Å². The number of methoxy groups -OCH3 is 1. The molecule has 23 heavy (non-hydrogen) atoms. The molecule has 2 aromatic heterocycles. The van der Waals surface area contributed by atoms with Crippen LogP contribution in [-0.4, -0.2) is 48.9 Å². The van der Waals surface area contributed by atoms with E-state index in [4.69, 9.17) is 9.72 Å². The summed E-state index contributed by atoms with van der Waals surface area (Å²) in [5.41, 5.74) is 4.91. The second-order valence-corrected chi connectivity index (χ2v) is 6.33. The van der Waals surface area contributed by atoms with Crippen LogP contribution in [0.5, 0.6) is 0 Å². The van der Waals surface area contributed by atoms with Gasteiger partial charge >= 0.3 is 0 Å². The number of rotatable bonds is 4. The van der Waals surface area contributed by atoms with Crippen molar-refractivity contribution >= 4 is 5.69 Å². The van der Waals surface area contributed by atoms with Crippen LogP contribution in [0.1, 0.15) is 17.0 Å². The molecule has 5 nitrogen and oxygen atoms in total. The molecule has 0 spiro atoms. The molecule has 0 bridgehead atoms. The van der Waals surface area contributed by atoms with Crippen LogP contribution in [0.3, 0.4) is 0 Å². The first kappa shape index (κ1) is 16.0. The highest BCUT2D eigenvalue weighted by molar-refractivity contribution is 5.55. The van der Waals surface area contributed by atoms with Gasteiger partial charge in [-0.25, -0.2) is 4.98 Å². The monoisotopic (exact) mass is 314 g/mol. The van der Waals surface area contributed by atoms with E-state index in [1.807, 2.05) is 6.20 Å². The van der Waals surface area contributed by atoms with E-state index in [1.165, 1.54) is 22.6 Å². The largest absolute Gasteiger partial charge is 0.383 e. The van der Waals surface area contributed by atoms with Gasteiger partial charge in [0.2, 0.25) is 0 Å². The Bertz CT molecular complexity index is 658. The molecule has 1 aliphatic rings. The fourth-order valence-corrected chi connectivity index (χ4v) is 3.37. The van der Waals surface area contributed by atoms with Gasteiger partial charge in [0.25, 0.3) is 0 Å². The Morgan fingerprint density at radius 1 is 1.26 bits per heavy atom. The molecule has 3 heterocycles. The van der Waals surface area contributed by atoms with E-state index < -0.39 is 0 Å². The Hall–Kier alpha value is -1.85. The second-order valence-electron chi connectivity index (χ2n) is 6.33. The first-order chi connectivity index (χ1) is 11.1. The number of aromatic nitrogens is 2. The van der Waals surface area contributed by atoms with E-state index in [1.54, 1.807) is 7.11 Å². The predicted octanol–water partition coefficient (Wildman–Crippen LogP) is 2.22. The third-order valence-corrected chi connectivity index (χ3v) is 4.53. The molecule has 1 saturated heterocycles. The molecule has 0 amide bonds. The summed E-state index contributed by atoms with van der Waals surface area (Å²) in [5.74, 6) is 0.995. The standard InChI is InChI=1S/C18H26N4O/c1-13-9-18(22-14(2)5-6-15(22)3)20-10-17(13)21-8-7-19-16(11-21)12-23-4/h5-6,9-10,16,19H,7-8,11-12H2,1-4H3/t16-/m1/s1. The number of nitrogens with zero attached hydrogens (tertiary/aromatic N) is 3. The quantitative estimate of drug-likeness (QED) is 0.940. The molecule has 0 saturated carbocycles. The van der Waals surface area contributed by atoms with Crippen LogP contribution in [0.4, 0.5) is 5.69 Å². The van der Waals surface area contributed by atoms with Gasteiger partial charge in [0.05, 0.1) is 18.5 Å². The number of ether oxygens (including phenoxy) is 1. The molecule has 2 aromatic rings. The van der Waals surface area contributed by atoms with E-state index in [0.29, 0.717) is 6.04 Å². The average Bonchev–Trinajstić information content (AvgIpc) is 2.87. The zero-order valence-electron chi connectivity index (χ0n) is 14.5. The fourth-order valence-electron chi connectivity index (χ4n) is 3.37. The number of piperazine rings is 1. The van der Waals surface area contributed by atoms with Gasteiger partial charge in [0, 0.05) is 44.2 Å². The van der Waals surface area contributed by atoms with Crippen molar-refractivity contribution in [1.82, 2.24) is 14.9 Å². The van der Waals surface area contributed by atoms with Gasteiger partial charge < -0.3 is 19.5 Å². The lowest BCUT2D eigenvalue weighted by atomic mass is 10.1. The fraction of sp³-hybridized carbons (Fsp3) is 0.500. The molecule has 0 aromatic carbocycles. The minimum Gasteiger partial charge on any atom is -0.383 e. The van der Waals surface area contributed by atoms with Gasteiger partial charge in [0.1, 0.15) is 5.82 Å². The molecule has 0 unspecified atom stereocenters. The van der Waals surface area contributed by atoms with E-state index in [-0.39, 0.29) is 0 Å². The van der Waals surface area contributed by atoms with Gasteiger partial charge in [-0.3, -0.25) is 0 Å². The van der Waals surface area contributed by atoms with Gasteiger partial charge in [-0.05, 0) is 44.5 Å². The Morgan fingerprint density at radius 3 is 2.65 bits per heavy atom. The first-order valence-electron chi connectivity index (χ1n) is 8.19. The first-order valence-corrected chi connectivity index (χ1v) is 8.19. The number of anilines is 1. The van der Waals surface area contributed by atoms with Gasteiger partial charge in [0.15, 0.2) is 0 Å². The van der Waals surface area contributed by atoms with Crippen molar-refractivity contribution in [2.24, 2.45) is 0 Å². The minimum atomic E-state index is 0.377. The molecule has 1 N–H and O–H groups in total. The SMILES string of the molecule is COC[C@H]1CN(c2cnc(-n3c(C)ccc3C)cc2C)CCN1. The van der Waals surface area contributed by atoms with Crippen molar-refractivity contribution in [2.45, 2.75) is 26.8 Å². The maximum Gasteiger partial charge on any atom is 0.137 e. The Morgan fingerprint density at radius 2 is 2.00 bits per heavy atom. The highest BCUT2D eigenvalue weighted by Crippen LogP contribution is 2.24. The van der Waals surface area contributed by atoms with E-state index >= 15 is 0 Å². The molecular weight excluding hydrogens is 288 g/mol. The summed E-state index contributed by atoms with van der Waals surface area (Å²) in [7, 11) is 1.75. The topological polar surface area (TPSA) is 42.3 Å². The second kappa shape index (κ2) is 6.72. The van der Waals surface area contributed by atoms with Crippen LogP contribution >= 0.6 is 0 Å². The summed E-state index contributed by atoms with van der Waals surface area (Å²) in [6.45, 7) is 10.1. The van der Waals surface area contributed by atoms with Crippen molar-refractivity contribution in [3.05, 3.63) is 41.3 Å². The van der Waals surface area contributed by atoms with E-state index in [0.717, 1.165) is 32.1 Å². The molecule has 0 radical (unpaired) electrons. The van der Waals surface area contributed by atoms with E-state index in [9.17, 15) is 0 Å². The molecule has 124 valence electrons. The van der Waals surface area contributed by atoms with Crippen molar-refractivity contribution < 1.29 is 4.74 Å². The van der Waals surface area contributed by atoms with Crippen LogP contribution in [0.25, 0.3) is 5.82 Å². The normalized spacial score (nSPS) is 18.4. The number of aryl methyl sites for hydroxylation is 3. The predicted molar refractivity (Wildman–Crippen MR) is 93.7 cm³/mol. The van der Waals surface area contributed by atoms with Crippen LogP contribution in [0, 0.1) is 20.8 Å². The average molecular weight is 314 g/mol. The lowest BCUT2D eigenvalue weighted by Gasteiger charge is -2.35. The lowest BCUT2D eigenvalue weighted by molar-refractivity contribution is 0.163. The summed E-state index contributed by atoms with van der Waals surface area (Å²) in [5, 5.41) is 3.50. The molecule has 1 fully saturated rings. The number of hydrogen-bond acceptors (Lipinski definition) is 4. The van der Waals surface area contributed by atoms with Crippen LogP contribution in [-0.2, 0) is 4.74 Å². The molecule has 0 aliphatic carbocycles. The third-order valence-electron chi connectivity index (χ3n) is 4.53. The maximum atomic E-state index is 5.28. The van der Waals surface area contributed by atoms with Crippen molar-refractivity contribution in [2.75, 3.05) is 38.3 Å². The summed E-state index contributed by atoms with van der Waals surface area (Å²) in [4.78, 5) is 7.12. The number of hydrogen-bond donors (Lipinski definition) is 1. The minimum absolute atomic E-state index is 0.377. The van der Waals surface area contributed by atoms with Gasteiger partial charge in [-0.1, -0.05) is 0 Å². The number of nitrogens with one attached hydrogen (secondary N) is 1. The third kappa shape index (κ3) is 3.26. The summed E-state index contributed by atoms with van der Waals surface area (Å²) >= 11 is 0. The molecular formula is C18H26N4O. The maximum absolute atomic E-state index is 5.28. The zero-order valence-corrected chi connectivity index (χ0v) is 14.5. The Kier molecular flexibility index (Phi) is 4.68. The summed E-state index contributed by atoms with van der Waals surface area (Å²) in [6, 6.07) is 6.82. The molecule has 3 rings (SSSR count). The highest BCUT2D eigenvalue weighted by atomic mass is 16.5. The highest BCUT2D eigenvalue weighted by Gasteiger charge is 2.21. The van der Waals surface area contributed by atoms with Crippen molar-refractivity contribution in [3.8, 4) is 5.82 Å². The van der Waals surface area contributed by atoms with Gasteiger partial charge in [-0.2, -0.15) is 0 Å². The Labute approximate surface area is 138 Å². The van der Waals surface area contributed by atoms with Crippen LogP contribution < -0.4 is 10.2 Å². The summed E-state index contributed by atoms with van der Waals surface area (Å²) < 4.78 is 7.48. The van der Waals surface area contributed by atoms with Crippen LogP contribution in [0.15, 0.2) is 24.4 Å². The molecule has 1 aliphatic heterocycles. The number of pyridine rings is 1. The molecule has 1 atom stereocenters. The lowest BCUT2D eigenvalue weighted by Crippen LogP contribution is -2.52. The summed E-state index contributed by atoms with van der Waals surface area (Å²) in [6.07, 6.45) is 2.01. The van der Waals surface area contributed by atoms with Crippen molar-refractivity contribution in [3.63, 3.8) is 0 Å². The van der Waals surface area contributed by atoms with Crippen molar-refractivity contribution in [1.29, 1.82) is 0 Å². The van der Waals surface area contributed by atoms with Gasteiger partial charge in [-0.15, -0.1) is 0 Å². The zero-order chi connectivity index (χ0) is 16.4. The molecule has 5 heteroatoms.